The molecule has 4 rings (SSSR count). The Morgan fingerprint density at radius 1 is 0.941 bits per heavy atom. The number of carbonyl (C=O) groups is 6. The topological polar surface area (TPSA) is 180 Å². The van der Waals surface area contributed by atoms with Crippen molar-refractivity contribution in [1.29, 1.82) is 0 Å². The summed E-state index contributed by atoms with van der Waals surface area (Å²) in [6.45, 7) is 7.91. The molecule has 3 aliphatic rings. The molecule has 3 fully saturated rings. The molecule has 4 N–H and O–H groups in total. The molecule has 276 valence electrons. The standard InChI is InChI=1S/C38H53N7O6/c1-5-7-15-26(29(46)34(49)41-21-6-2)42-33(48)28-16-14-24-45(28)36(51)31(38(4)19-12-9-13-20-38)44-35(50)30(37(3)17-10-8-11-18-37)43-32(47)27-25-39-22-23-40-27/h1,6,22-23,25-26,28,30-31H,2,7-21,24H2,3-4H3,(H,41,49)(H,42,48)(H,43,47)(H,44,50)/t26?,28-,30+,31+/m0/s1. The number of aromatic nitrogens is 2. The Hall–Kier alpha value is -4.60. The number of hydrogen-bond donors (Lipinski definition) is 4. The summed E-state index contributed by atoms with van der Waals surface area (Å²) in [6.07, 6.45) is 20.7. The number of nitrogens with one attached hydrogen (secondary N) is 4. The van der Waals surface area contributed by atoms with Crippen molar-refractivity contribution >= 4 is 35.3 Å². The average Bonchev–Trinajstić information content (AvgIpc) is 3.64. The van der Waals surface area contributed by atoms with Gasteiger partial charge in [-0.2, -0.15) is 0 Å². The van der Waals surface area contributed by atoms with Crippen LogP contribution in [0.1, 0.15) is 114 Å². The summed E-state index contributed by atoms with van der Waals surface area (Å²) in [4.78, 5) is 91.4. The van der Waals surface area contributed by atoms with Gasteiger partial charge in [0.25, 0.3) is 11.8 Å². The van der Waals surface area contributed by atoms with Crippen LogP contribution in [-0.4, -0.2) is 87.4 Å². The molecule has 0 radical (unpaired) electrons. The Morgan fingerprint density at radius 3 is 2.18 bits per heavy atom. The second-order valence-electron chi connectivity index (χ2n) is 14.7. The number of rotatable bonds is 15. The molecule has 4 atom stereocenters. The highest BCUT2D eigenvalue weighted by atomic mass is 16.2. The van der Waals surface area contributed by atoms with Crippen LogP contribution in [0.3, 0.4) is 0 Å². The summed E-state index contributed by atoms with van der Waals surface area (Å²) in [7, 11) is 0. The van der Waals surface area contributed by atoms with E-state index in [-0.39, 0.29) is 37.5 Å². The molecule has 1 aromatic heterocycles. The van der Waals surface area contributed by atoms with Crippen molar-refractivity contribution in [3.8, 4) is 12.3 Å². The number of carbonyl (C=O) groups excluding carboxylic acids is 6. The molecule has 0 spiro atoms. The Morgan fingerprint density at radius 2 is 1.59 bits per heavy atom. The van der Waals surface area contributed by atoms with Crippen molar-refractivity contribution in [2.75, 3.05) is 13.1 Å². The SMILES string of the molecule is C#CCCC(NC(=O)[C@@H]1CCCN1C(=O)[C@@H](NC(=O)[C@@H](NC(=O)c1cnccn1)C1(C)CCCCC1)C1(C)CCCCC1)C(=O)C(=O)NCC=C. The molecule has 13 nitrogen and oxygen atoms in total. The van der Waals surface area contributed by atoms with Crippen LogP contribution in [0.5, 0.6) is 0 Å². The summed E-state index contributed by atoms with van der Waals surface area (Å²) in [5.74, 6) is -1.16. The van der Waals surface area contributed by atoms with E-state index in [1.165, 1.54) is 29.6 Å². The van der Waals surface area contributed by atoms with Gasteiger partial charge in [-0.1, -0.05) is 58.4 Å². The molecule has 2 heterocycles. The minimum atomic E-state index is -1.17. The van der Waals surface area contributed by atoms with Crippen molar-refractivity contribution < 1.29 is 28.8 Å². The van der Waals surface area contributed by atoms with E-state index in [2.05, 4.69) is 43.7 Å². The summed E-state index contributed by atoms with van der Waals surface area (Å²) < 4.78 is 0. The zero-order chi connectivity index (χ0) is 37.0. The quantitative estimate of drug-likeness (QED) is 0.122. The highest BCUT2D eigenvalue weighted by molar-refractivity contribution is 6.38. The Bertz CT molecular complexity index is 1480. The van der Waals surface area contributed by atoms with Crippen LogP contribution in [-0.2, 0) is 24.0 Å². The molecule has 1 aliphatic heterocycles. The van der Waals surface area contributed by atoms with Gasteiger partial charge in [0.05, 0.1) is 12.2 Å². The van der Waals surface area contributed by atoms with Crippen LogP contribution in [0.25, 0.3) is 0 Å². The summed E-state index contributed by atoms with van der Waals surface area (Å²) in [5.41, 5.74) is -1.07. The van der Waals surface area contributed by atoms with Crippen LogP contribution in [0.4, 0.5) is 0 Å². The predicted octanol–water partition coefficient (Wildman–Crippen LogP) is 2.76. The molecule has 1 unspecified atom stereocenters. The van der Waals surface area contributed by atoms with E-state index >= 15 is 0 Å². The first-order chi connectivity index (χ1) is 24.4. The zero-order valence-corrected chi connectivity index (χ0v) is 30.0. The van der Waals surface area contributed by atoms with Gasteiger partial charge in [0.1, 0.15) is 23.8 Å². The van der Waals surface area contributed by atoms with E-state index in [4.69, 9.17) is 6.42 Å². The fraction of sp³-hybridized carbons (Fsp3) is 0.632. The van der Waals surface area contributed by atoms with E-state index in [0.717, 1.165) is 51.4 Å². The molecule has 5 amide bonds. The number of nitrogens with zero attached hydrogens (tertiary/aromatic N) is 3. The smallest absolute Gasteiger partial charge is 0.289 e. The van der Waals surface area contributed by atoms with Crippen molar-refractivity contribution in [1.82, 2.24) is 36.1 Å². The van der Waals surface area contributed by atoms with E-state index in [1.54, 1.807) is 0 Å². The van der Waals surface area contributed by atoms with Crippen molar-refractivity contribution in [3.63, 3.8) is 0 Å². The van der Waals surface area contributed by atoms with E-state index in [9.17, 15) is 28.8 Å². The molecule has 1 saturated heterocycles. The van der Waals surface area contributed by atoms with Crippen LogP contribution in [0.2, 0.25) is 0 Å². The molecule has 2 aliphatic carbocycles. The maximum atomic E-state index is 14.7. The fourth-order valence-corrected chi connectivity index (χ4v) is 7.88. The third-order valence-electron chi connectivity index (χ3n) is 10.9. The normalized spacial score (nSPS) is 21.1. The second-order valence-corrected chi connectivity index (χ2v) is 14.7. The van der Waals surface area contributed by atoms with Crippen LogP contribution < -0.4 is 21.3 Å². The molecule has 51 heavy (non-hydrogen) atoms. The molecule has 2 saturated carbocycles. The van der Waals surface area contributed by atoms with Gasteiger partial charge < -0.3 is 26.2 Å². The first kappa shape index (κ1) is 39.2. The predicted molar refractivity (Wildman–Crippen MR) is 191 cm³/mol. The number of ketones is 1. The Labute approximate surface area is 300 Å². The Balaban J connectivity index is 1.60. The largest absolute Gasteiger partial charge is 0.346 e. The molecule has 1 aromatic rings. The zero-order valence-electron chi connectivity index (χ0n) is 30.0. The lowest BCUT2D eigenvalue weighted by Gasteiger charge is -2.45. The lowest BCUT2D eigenvalue weighted by molar-refractivity contribution is -0.146. The summed E-state index contributed by atoms with van der Waals surface area (Å²) in [6, 6.07) is -3.99. The number of Topliss-reactive ketones (excluding diaryl/α,β-unsaturated/α-hetero) is 1. The van der Waals surface area contributed by atoms with Crippen molar-refractivity contribution in [3.05, 3.63) is 36.9 Å². The highest BCUT2D eigenvalue weighted by Crippen LogP contribution is 2.42. The van der Waals surface area contributed by atoms with E-state index in [0.29, 0.717) is 25.7 Å². The lowest BCUT2D eigenvalue weighted by atomic mass is 9.68. The summed E-state index contributed by atoms with van der Waals surface area (Å²) >= 11 is 0. The molecular weight excluding hydrogens is 650 g/mol. The lowest BCUT2D eigenvalue weighted by Crippen LogP contribution is -2.64. The average molecular weight is 704 g/mol. The van der Waals surface area contributed by atoms with Gasteiger partial charge >= 0.3 is 0 Å². The molecule has 13 heteroatoms. The van der Waals surface area contributed by atoms with Gasteiger partial charge in [0.15, 0.2) is 0 Å². The second kappa shape index (κ2) is 18.1. The monoisotopic (exact) mass is 703 g/mol. The van der Waals surface area contributed by atoms with Gasteiger partial charge in [-0.15, -0.1) is 18.9 Å². The highest BCUT2D eigenvalue weighted by Gasteiger charge is 2.49. The molecular formula is C38H53N7O6. The minimum absolute atomic E-state index is 0.0560. The minimum Gasteiger partial charge on any atom is -0.346 e. The first-order valence-electron chi connectivity index (χ1n) is 18.3. The number of terminal acetylenes is 1. The fourth-order valence-electron chi connectivity index (χ4n) is 7.88. The van der Waals surface area contributed by atoms with Crippen molar-refractivity contribution in [2.24, 2.45) is 10.8 Å². The maximum absolute atomic E-state index is 14.7. The van der Waals surface area contributed by atoms with Gasteiger partial charge in [0.2, 0.25) is 23.5 Å². The Kier molecular flexibility index (Phi) is 13.9. The third kappa shape index (κ3) is 9.80. The van der Waals surface area contributed by atoms with E-state index < -0.39 is 64.4 Å². The molecule has 0 bridgehead atoms. The van der Waals surface area contributed by atoms with Crippen molar-refractivity contribution in [2.45, 2.75) is 128 Å². The number of likely N-dealkylation sites (tertiary alicyclic amines) is 1. The van der Waals surface area contributed by atoms with Gasteiger partial charge in [-0.3, -0.25) is 33.8 Å². The van der Waals surface area contributed by atoms with Crippen LogP contribution in [0.15, 0.2) is 31.2 Å². The van der Waals surface area contributed by atoms with Gasteiger partial charge in [-0.25, -0.2) is 4.98 Å². The number of hydrogen-bond acceptors (Lipinski definition) is 8. The van der Waals surface area contributed by atoms with E-state index in [1.807, 2.05) is 13.8 Å². The van der Waals surface area contributed by atoms with Gasteiger partial charge in [-0.05, 0) is 55.8 Å². The number of amides is 5. The third-order valence-corrected chi connectivity index (χ3v) is 10.9. The van der Waals surface area contributed by atoms with Gasteiger partial charge in [0, 0.05) is 31.9 Å². The van der Waals surface area contributed by atoms with Crippen LogP contribution >= 0.6 is 0 Å². The summed E-state index contributed by atoms with van der Waals surface area (Å²) in [5, 5.41) is 11.2. The maximum Gasteiger partial charge on any atom is 0.289 e. The molecule has 0 aromatic carbocycles. The van der Waals surface area contributed by atoms with Crippen LogP contribution in [0, 0.1) is 23.2 Å². The first-order valence-corrected chi connectivity index (χ1v) is 18.3.